The number of para-hydroxylation sites is 1. The van der Waals surface area contributed by atoms with Crippen molar-refractivity contribution in [2.24, 2.45) is 17.6 Å². The van der Waals surface area contributed by atoms with Crippen LogP contribution in [-0.2, 0) is 4.79 Å². The van der Waals surface area contributed by atoms with Crippen LogP contribution in [0.2, 0.25) is 0 Å². The minimum absolute atomic E-state index is 0.0641. The van der Waals surface area contributed by atoms with Crippen molar-refractivity contribution in [2.45, 2.75) is 39.3 Å². The first kappa shape index (κ1) is 17.3. The Labute approximate surface area is 141 Å². The number of ether oxygens (including phenoxy) is 1. The number of hydrogen-bond acceptors (Lipinski definition) is 3. The maximum Gasteiger partial charge on any atom is 0.264 e. The molecule has 0 saturated carbocycles. The molecule has 2 rings (SSSR count). The molecule has 3 atom stereocenters. The molecule has 122 valence electrons. The summed E-state index contributed by atoms with van der Waals surface area (Å²) in [6.45, 7) is 7.48. The number of amides is 1. The van der Waals surface area contributed by atoms with Crippen LogP contribution >= 0.6 is 15.9 Å². The maximum absolute atomic E-state index is 12.9. The SMILES string of the molecule is CC(C)C(Oc1ccccc1Br)C(=O)N1CC(CN)CC1C. The molecule has 1 amide bonds. The third kappa shape index (κ3) is 3.82. The molecule has 1 aromatic carbocycles. The van der Waals surface area contributed by atoms with Crippen LogP contribution in [0.1, 0.15) is 27.2 Å². The number of carbonyl (C=O) groups is 1. The molecule has 2 N–H and O–H groups in total. The summed E-state index contributed by atoms with van der Waals surface area (Å²) >= 11 is 3.47. The number of halogens is 1. The van der Waals surface area contributed by atoms with Gasteiger partial charge in [0.05, 0.1) is 4.47 Å². The van der Waals surface area contributed by atoms with E-state index >= 15 is 0 Å². The molecular weight excluding hydrogens is 344 g/mol. The molecule has 0 spiro atoms. The molecule has 4 nitrogen and oxygen atoms in total. The van der Waals surface area contributed by atoms with Crippen molar-refractivity contribution in [3.63, 3.8) is 0 Å². The monoisotopic (exact) mass is 368 g/mol. The molecular formula is C17H25BrN2O2. The average molecular weight is 369 g/mol. The summed E-state index contributed by atoms with van der Waals surface area (Å²) in [6.07, 6.45) is 0.500. The Kier molecular flexibility index (Phi) is 5.87. The summed E-state index contributed by atoms with van der Waals surface area (Å²) < 4.78 is 6.89. The second kappa shape index (κ2) is 7.47. The molecule has 1 aliphatic rings. The first-order chi connectivity index (χ1) is 10.4. The number of hydrogen-bond donors (Lipinski definition) is 1. The minimum atomic E-state index is -0.474. The van der Waals surface area contributed by atoms with Gasteiger partial charge in [-0.15, -0.1) is 0 Å². The zero-order valence-corrected chi connectivity index (χ0v) is 15.0. The highest BCUT2D eigenvalue weighted by atomic mass is 79.9. The zero-order valence-electron chi connectivity index (χ0n) is 13.5. The van der Waals surface area contributed by atoms with E-state index in [9.17, 15) is 4.79 Å². The summed E-state index contributed by atoms with van der Waals surface area (Å²) in [5, 5.41) is 0. The van der Waals surface area contributed by atoms with Gasteiger partial charge in [-0.1, -0.05) is 26.0 Å². The molecule has 0 aromatic heterocycles. The van der Waals surface area contributed by atoms with Crippen molar-refractivity contribution >= 4 is 21.8 Å². The van der Waals surface area contributed by atoms with E-state index in [0.717, 1.165) is 17.4 Å². The second-order valence-electron chi connectivity index (χ2n) is 6.39. The van der Waals surface area contributed by atoms with Gasteiger partial charge in [0.1, 0.15) is 5.75 Å². The lowest BCUT2D eigenvalue weighted by Gasteiger charge is -2.29. The number of rotatable bonds is 5. The van der Waals surface area contributed by atoms with Crippen molar-refractivity contribution in [1.29, 1.82) is 0 Å². The molecule has 1 aliphatic heterocycles. The van der Waals surface area contributed by atoms with Gasteiger partial charge in [-0.25, -0.2) is 0 Å². The third-order valence-electron chi connectivity index (χ3n) is 4.22. The number of nitrogens with two attached hydrogens (primary N) is 1. The van der Waals surface area contributed by atoms with Crippen LogP contribution < -0.4 is 10.5 Å². The predicted octanol–water partition coefficient (Wildman–Crippen LogP) is 3.05. The van der Waals surface area contributed by atoms with E-state index in [2.05, 4.69) is 22.9 Å². The molecule has 0 radical (unpaired) electrons. The minimum Gasteiger partial charge on any atom is -0.479 e. The highest BCUT2D eigenvalue weighted by Gasteiger charge is 2.37. The summed E-state index contributed by atoms with van der Waals surface area (Å²) in [4.78, 5) is 14.8. The van der Waals surface area contributed by atoms with Crippen LogP contribution in [0.5, 0.6) is 5.75 Å². The van der Waals surface area contributed by atoms with E-state index in [4.69, 9.17) is 10.5 Å². The first-order valence-corrected chi connectivity index (χ1v) is 8.65. The van der Waals surface area contributed by atoms with Crippen LogP contribution in [0, 0.1) is 11.8 Å². The first-order valence-electron chi connectivity index (χ1n) is 7.85. The van der Waals surface area contributed by atoms with Crippen molar-refractivity contribution in [3.8, 4) is 5.75 Å². The summed E-state index contributed by atoms with van der Waals surface area (Å²) in [5.74, 6) is 1.27. The molecule has 1 fully saturated rings. The van der Waals surface area contributed by atoms with Gasteiger partial charge in [0.25, 0.3) is 5.91 Å². The molecule has 0 aliphatic carbocycles. The van der Waals surface area contributed by atoms with Crippen molar-refractivity contribution in [2.75, 3.05) is 13.1 Å². The smallest absolute Gasteiger partial charge is 0.264 e. The van der Waals surface area contributed by atoms with Gasteiger partial charge >= 0.3 is 0 Å². The van der Waals surface area contributed by atoms with Gasteiger partial charge < -0.3 is 15.4 Å². The van der Waals surface area contributed by atoms with E-state index in [-0.39, 0.29) is 17.9 Å². The summed E-state index contributed by atoms with van der Waals surface area (Å²) in [5.41, 5.74) is 5.76. The summed E-state index contributed by atoms with van der Waals surface area (Å²) in [7, 11) is 0. The second-order valence-corrected chi connectivity index (χ2v) is 7.24. The Bertz CT molecular complexity index is 521. The zero-order chi connectivity index (χ0) is 16.3. The Morgan fingerprint density at radius 2 is 2.14 bits per heavy atom. The summed E-state index contributed by atoms with van der Waals surface area (Å²) in [6, 6.07) is 7.86. The molecule has 22 heavy (non-hydrogen) atoms. The topological polar surface area (TPSA) is 55.6 Å². The van der Waals surface area contributed by atoms with Crippen LogP contribution in [0.15, 0.2) is 28.7 Å². The number of likely N-dealkylation sites (tertiary alicyclic amines) is 1. The van der Waals surface area contributed by atoms with Crippen molar-refractivity contribution < 1.29 is 9.53 Å². The fourth-order valence-electron chi connectivity index (χ4n) is 2.93. The molecule has 3 unspecified atom stereocenters. The number of carbonyl (C=O) groups excluding carboxylic acids is 1. The standard InChI is InChI=1S/C17H25BrN2O2/c1-11(2)16(22-15-7-5-4-6-14(15)18)17(21)20-10-13(9-19)8-12(20)3/h4-7,11-13,16H,8-10,19H2,1-3H3. The van der Waals surface area contributed by atoms with Crippen LogP contribution in [0.3, 0.4) is 0 Å². The fourth-order valence-corrected chi connectivity index (χ4v) is 3.31. The lowest BCUT2D eigenvalue weighted by molar-refractivity contribution is -0.141. The van der Waals surface area contributed by atoms with E-state index in [0.29, 0.717) is 18.2 Å². The van der Waals surface area contributed by atoms with Crippen LogP contribution in [-0.4, -0.2) is 36.0 Å². The quantitative estimate of drug-likeness (QED) is 0.868. The Morgan fingerprint density at radius 3 is 2.68 bits per heavy atom. The Balaban J connectivity index is 2.14. The number of benzene rings is 1. The molecule has 1 saturated heterocycles. The Hall–Kier alpha value is -1.07. The normalized spacial score (nSPS) is 22.9. The highest BCUT2D eigenvalue weighted by Crippen LogP contribution is 2.29. The van der Waals surface area contributed by atoms with E-state index < -0.39 is 6.10 Å². The van der Waals surface area contributed by atoms with Gasteiger partial charge in [0.2, 0.25) is 0 Å². The fraction of sp³-hybridized carbons (Fsp3) is 0.588. The van der Waals surface area contributed by atoms with Gasteiger partial charge in [0, 0.05) is 12.6 Å². The van der Waals surface area contributed by atoms with Crippen molar-refractivity contribution in [1.82, 2.24) is 4.90 Å². The molecule has 5 heteroatoms. The van der Waals surface area contributed by atoms with Crippen molar-refractivity contribution in [3.05, 3.63) is 28.7 Å². The number of nitrogens with zero attached hydrogens (tertiary/aromatic N) is 1. The van der Waals surface area contributed by atoms with Gasteiger partial charge in [-0.05, 0) is 59.8 Å². The Morgan fingerprint density at radius 1 is 1.45 bits per heavy atom. The predicted molar refractivity (Wildman–Crippen MR) is 91.7 cm³/mol. The molecule has 1 aromatic rings. The van der Waals surface area contributed by atoms with Crippen LogP contribution in [0.25, 0.3) is 0 Å². The molecule has 0 bridgehead atoms. The van der Waals surface area contributed by atoms with Gasteiger partial charge in [0.15, 0.2) is 6.10 Å². The van der Waals surface area contributed by atoms with Gasteiger partial charge in [-0.2, -0.15) is 0 Å². The van der Waals surface area contributed by atoms with Gasteiger partial charge in [-0.3, -0.25) is 4.79 Å². The third-order valence-corrected chi connectivity index (χ3v) is 4.87. The molecule has 1 heterocycles. The largest absolute Gasteiger partial charge is 0.479 e. The van der Waals surface area contributed by atoms with E-state index in [1.54, 1.807) is 0 Å². The van der Waals surface area contributed by atoms with Crippen LogP contribution in [0.4, 0.5) is 0 Å². The van der Waals surface area contributed by atoms with E-state index in [1.807, 2.05) is 43.0 Å². The lowest BCUT2D eigenvalue weighted by atomic mass is 10.1. The average Bonchev–Trinajstić information content (AvgIpc) is 2.86. The highest BCUT2D eigenvalue weighted by molar-refractivity contribution is 9.10. The van der Waals surface area contributed by atoms with E-state index in [1.165, 1.54) is 0 Å². The maximum atomic E-state index is 12.9. The lowest BCUT2D eigenvalue weighted by Crippen LogP contribution is -2.46.